The number of hydrogen-bond acceptors (Lipinski definition) is 2. The first-order valence-electron chi connectivity index (χ1n) is 9.88. The number of anilines is 1. The van der Waals surface area contributed by atoms with Gasteiger partial charge in [-0.1, -0.05) is 55.0 Å². The summed E-state index contributed by atoms with van der Waals surface area (Å²) in [4.78, 5) is 5.31. The second-order valence-electron chi connectivity index (χ2n) is 7.76. The van der Waals surface area contributed by atoms with Gasteiger partial charge in [0.2, 0.25) is 0 Å². The Balaban J connectivity index is 1.52. The van der Waals surface area contributed by atoms with Crippen LogP contribution in [0.5, 0.6) is 0 Å². The van der Waals surface area contributed by atoms with Crippen molar-refractivity contribution in [3.63, 3.8) is 0 Å². The van der Waals surface area contributed by atoms with Crippen molar-refractivity contribution in [2.45, 2.75) is 45.1 Å². The Bertz CT molecular complexity index is 698. The normalized spacial score (nSPS) is 21.5. The number of likely N-dealkylation sites (tertiary alicyclic amines) is 1. The molecule has 0 aliphatic carbocycles. The fraction of sp³-hybridized carbons (Fsp3) is 0.478. The van der Waals surface area contributed by atoms with Gasteiger partial charge in [-0.05, 0) is 49.9 Å². The molecule has 0 saturated carbocycles. The van der Waals surface area contributed by atoms with E-state index < -0.39 is 0 Å². The van der Waals surface area contributed by atoms with E-state index >= 15 is 0 Å². The van der Waals surface area contributed by atoms with Crippen molar-refractivity contribution in [3.05, 3.63) is 65.2 Å². The Morgan fingerprint density at radius 2 is 1.68 bits per heavy atom. The van der Waals surface area contributed by atoms with Crippen LogP contribution in [0.2, 0.25) is 0 Å². The summed E-state index contributed by atoms with van der Waals surface area (Å²) in [6.45, 7) is 9.33. The van der Waals surface area contributed by atoms with Gasteiger partial charge in [-0.15, -0.1) is 0 Å². The fourth-order valence-corrected chi connectivity index (χ4v) is 4.60. The minimum absolute atomic E-state index is 0.628. The van der Waals surface area contributed by atoms with Gasteiger partial charge in [0.05, 0.1) is 0 Å². The second-order valence-corrected chi connectivity index (χ2v) is 7.76. The van der Waals surface area contributed by atoms with Gasteiger partial charge in [0.25, 0.3) is 0 Å². The van der Waals surface area contributed by atoms with Gasteiger partial charge >= 0.3 is 0 Å². The molecule has 2 heterocycles. The molecule has 0 aromatic heterocycles. The Hall–Kier alpha value is -1.80. The fourth-order valence-electron chi connectivity index (χ4n) is 4.60. The smallest absolute Gasteiger partial charge is 0.0405 e. The van der Waals surface area contributed by atoms with Crippen LogP contribution >= 0.6 is 0 Å². The van der Waals surface area contributed by atoms with Crippen LogP contribution in [0, 0.1) is 6.92 Å². The zero-order valence-electron chi connectivity index (χ0n) is 15.6. The highest BCUT2D eigenvalue weighted by molar-refractivity contribution is 5.61. The first-order valence-corrected chi connectivity index (χ1v) is 9.88. The van der Waals surface area contributed by atoms with Crippen LogP contribution in [0.1, 0.15) is 42.4 Å². The molecule has 0 radical (unpaired) electrons. The third-order valence-electron chi connectivity index (χ3n) is 6.15. The summed E-state index contributed by atoms with van der Waals surface area (Å²) in [5, 5.41) is 0. The van der Waals surface area contributed by atoms with E-state index in [2.05, 4.69) is 72.2 Å². The van der Waals surface area contributed by atoms with Crippen molar-refractivity contribution in [1.82, 2.24) is 4.90 Å². The molecule has 1 atom stereocenters. The minimum atomic E-state index is 0.628. The average Bonchev–Trinajstić information content (AvgIpc) is 3.02. The summed E-state index contributed by atoms with van der Waals surface area (Å²) in [7, 11) is 0. The van der Waals surface area contributed by atoms with Crippen molar-refractivity contribution in [1.29, 1.82) is 0 Å². The van der Waals surface area contributed by atoms with E-state index in [0.717, 1.165) is 6.42 Å². The molecule has 2 aliphatic heterocycles. The van der Waals surface area contributed by atoms with Crippen LogP contribution in [-0.2, 0) is 6.42 Å². The third-order valence-corrected chi connectivity index (χ3v) is 6.15. The molecule has 25 heavy (non-hydrogen) atoms. The molecule has 2 aromatic carbocycles. The molecular formula is C23H30N2. The zero-order valence-corrected chi connectivity index (χ0v) is 15.6. The molecule has 0 amide bonds. The number of fused-ring (bicyclic) bond motifs is 1. The van der Waals surface area contributed by atoms with E-state index in [9.17, 15) is 0 Å². The molecule has 132 valence electrons. The quantitative estimate of drug-likeness (QED) is 0.804. The summed E-state index contributed by atoms with van der Waals surface area (Å²) < 4.78 is 0. The topological polar surface area (TPSA) is 6.48 Å². The maximum absolute atomic E-state index is 2.72. The lowest BCUT2D eigenvalue weighted by Gasteiger charge is -2.38. The van der Waals surface area contributed by atoms with Gasteiger partial charge in [-0.2, -0.15) is 0 Å². The number of benzene rings is 2. The number of hydrogen-bond donors (Lipinski definition) is 0. The lowest BCUT2D eigenvalue weighted by molar-refractivity contribution is 0.219. The molecule has 4 rings (SSSR count). The molecule has 1 saturated heterocycles. The van der Waals surface area contributed by atoms with Gasteiger partial charge in [0.15, 0.2) is 0 Å². The molecule has 0 bridgehead atoms. The Kier molecular flexibility index (Phi) is 4.80. The number of aryl methyl sites for hydroxylation is 1. The van der Waals surface area contributed by atoms with Gasteiger partial charge in [0.1, 0.15) is 0 Å². The van der Waals surface area contributed by atoms with E-state index in [-0.39, 0.29) is 0 Å². The molecule has 1 unspecified atom stereocenters. The van der Waals surface area contributed by atoms with E-state index in [1.54, 1.807) is 5.56 Å². The first-order chi connectivity index (χ1) is 12.2. The van der Waals surface area contributed by atoms with Crippen LogP contribution in [0.25, 0.3) is 0 Å². The van der Waals surface area contributed by atoms with E-state index in [0.29, 0.717) is 12.0 Å². The summed E-state index contributed by atoms with van der Waals surface area (Å²) in [5.74, 6) is 0.628. The standard InChI is InChI=1S/C23H30N2/c1-3-24-14-12-21(13-15-24)25-17-20(22-6-4-5-7-23(22)25)16-19-10-8-18(2)9-11-19/h4-11,20-21H,3,12-17H2,1-2H3. The molecule has 2 aliphatic rings. The van der Waals surface area contributed by atoms with Crippen molar-refractivity contribution in [3.8, 4) is 0 Å². The summed E-state index contributed by atoms with van der Waals surface area (Å²) >= 11 is 0. The van der Waals surface area contributed by atoms with Crippen LogP contribution in [-0.4, -0.2) is 37.1 Å². The van der Waals surface area contributed by atoms with E-state index in [1.807, 2.05) is 0 Å². The largest absolute Gasteiger partial charge is 0.368 e. The first kappa shape index (κ1) is 16.7. The predicted octanol–water partition coefficient (Wildman–Crippen LogP) is 4.63. The van der Waals surface area contributed by atoms with Crippen molar-refractivity contribution >= 4 is 5.69 Å². The second kappa shape index (κ2) is 7.21. The lowest BCUT2D eigenvalue weighted by Crippen LogP contribution is -2.44. The van der Waals surface area contributed by atoms with Gasteiger partial charge in [-0.25, -0.2) is 0 Å². The Morgan fingerprint density at radius 1 is 0.960 bits per heavy atom. The maximum Gasteiger partial charge on any atom is 0.0405 e. The van der Waals surface area contributed by atoms with Crippen molar-refractivity contribution < 1.29 is 0 Å². The number of para-hydroxylation sites is 1. The van der Waals surface area contributed by atoms with E-state index in [4.69, 9.17) is 0 Å². The number of piperidine rings is 1. The van der Waals surface area contributed by atoms with Crippen LogP contribution < -0.4 is 4.90 Å². The third kappa shape index (κ3) is 3.46. The van der Waals surface area contributed by atoms with Gasteiger partial charge in [-0.3, -0.25) is 0 Å². The van der Waals surface area contributed by atoms with E-state index in [1.165, 1.54) is 55.8 Å². The number of rotatable bonds is 4. The minimum Gasteiger partial charge on any atom is -0.368 e. The molecule has 0 N–H and O–H groups in total. The van der Waals surface area contributed by atoms with Crippen LogP contribution in [0.3, 0.4) is 0 Å². The lowest BCUT2D eigenvalue weighted by atomic mass is 9.93. The summed E-state index contributed by atoms with van der Waals surface area (Å²) in [5.41, 5.74) is 5.86. The van der Waals surface area contributed by atoms with Gasteiger partial charge in [0, 0.05) is 37.3 Å². The summed E-state index contributed by atoms with van der Waals surface area (Å²) in [6.07, 6.45) is 3.76. The number of nitrogens with zero attached hydrogens (tertiary/aromatic N) is 2. The molecule has 2 nitrogen and oxygen atoms in total. The van der Waals surface area contributed by atoms with Crippen molar-refractivity contribution in [2.75, 3.05) is 31.1 Å². The van der Waals surface area contributed by atoms with Crippen LogP contribution in [0.15, 0.2) is 48.5 Å². The molecule has 2 heteroatoms. The maximum atomic E-state index is 2.72. The Labute approximate surface area is 152 Å². The average molecular weight is 335 g/mol. The highest BCUT2D eigenvalue weighted by atomic mass is 15.2. The van der Waals surface area contributed by atoms with Crippen molar-refractivity contribution in [2.24, 2.45) is 0 Å². The predicted molar refractivity (Wildman–Crippen MR) is 107 cm³/mol. The van der Waals surface area contributed by atoms with Gasteiger partial charge < -0.3 is 9.80 Å². The monoisotopic (exact) mass is 334 g/mol. The Morgan fingerprint density at radius 3 is 2.40 bits per heavy atom. The molecular weight excluding hydrogens is 304 g/mol. The SMILES string of the molecule is CCN1CCC(N2CC(Cc3ccc(C)cc3)c3ccccc32)CC1. The van der Waals surface area contributed by atoms with Crippen LogP contribution in [0.4, 0.5) is 5.69 Å². The highest BCUT2D eigenvalue weighted by Crippen LogP contribution is 2.40. The molecule has 0 spiro atoms. The highest BCUT2D eigenvalue weighted by Gasteiger charge is 2.33. The zero-order chi connectivity index (χ0) is 17.2. The summed E-state index contributed by atoms with van der Waals surface area (Å²) in [6, 6.07) is 18.9. The molecule has 2 aromatic rings. The molecule has 1 fully saturated rings.